The Hall–Kier alpha value is -1.33. The lowest BCUT2D eigenvalue weighted by Gasteiger charge is -2.33. The predicted molar refractivity (Wildman–Crippen MR) is 101 cm³/mol. The molecular formula is C18H23Cl2FN2O. The van der Waals surface area contributed by atoms with Crippen molar-refractivity contribution in [3.63, 3.8) is 0 Å². The van der Waals surface area contributed by atoms with Gasteiger partial charge in [-0.25, -0.2) is 4.39 Å². The molecule has 1 aliphatic rings. The zero-order valence-electron chi connectivity index (χ0n) is 13.4. The van der Waals surface area contributed by atoms with Crippen LogP contribution in [0.25, 0.3) is 0 Å². The molecule has 24 heavy (non-hydrogen) atoms. The number of para-hydroxylation sites is 1. The van der Waals surface area contributed by atoms with E-state index in [9.17, 15) is 4.39 Å². The van der Waals surface area contributed by atoms with E-state index in [-0.39, 0.29) is 37.5 Å². The predicted octanol–water partition coefficient (Wildman–Crippen LogP) is 4.24. The van der Waals surface area contributed by atoms with Crippen molar-refractivity contribution in [3.8, 4) is 11.5 Å². The molecule has 1 atom stereocenters. The van der Waals surface area contributed by atoms with Gasteiger partial charge >= 0.3 is 0 Å². The van der Waals surface area contributed by atoms with Crippen LogP contribution in [0.5, 0.6) is 11.5 Å². The van der Waals surface area contributed by atoms with Gasteiger partial charge in [0.1, 0.15) is 18.2 Å². The summed E-state index contributed by atoms with van der Waals surface area (Å²) in [6.07, 6.45) is 0. The molecule has 0 aliphatic carbocycles. The third-order valence-electron chi connectivity index (χ3n) is 3.96. The molecule has 132 valence electrons. The highest BCUT2D eigenvalue weighted by molar-refractivity contribution is 5.85. The Balaban J connectivity index is 0.00000144. The molecular weight excluding hydrogens is 350 g/mol. The molecule has 0 amide bonds. The van der Waals surface area contributed by atoms with Crippen LogP contribution in [0.4, 0.5) is 4.39 Å². The Bertz CT molecular complexity index is 595. The molecule has 2 aromatic rings. The molecule has 1 saturated heterocycles. The van der Waals surface area contributed by atoms with E-state index in [0.29, 0.717) is 0 Å². The van der Waals surface area contributed by atoms with Crippen LogP contribution in [0, 0.1) is 0 Å². The van der Waals surface area contributed by atoms with Gasteiger partial charge in [0.05, 0.1) is 6.04 Å². The molecule has 0 radical (unpaired) electrons. The smallest absolute Gasteiger partial charge is 0.127 e. The van der Waals surface area contributed by atoms with Gasteiger partial charge in [-0.3, -0.25) is 4.90 Å². The fourth-order valence-corrected chi connectivity index (χ4v) is 2.80. The summed E-state index contributed by atoms with van der Waals surface area (Å²) in [5.74, 6) is 1.54. The normalized spacial score (nSPS) is 15.7. The maximum Gasteiger partial charge on any atom is 0.127 e. The van der Waals surface area contributed by atoms with Crippen LogP contribution in [-0.4, -0.2) is 37.8 Å². The summed E-state index contributed by atoms with van der Waals surface area (Å²) in [7, 11) is 0. The average molecular weight is 373 g/mol. The largest absolute Gasteiger partial charge is 0.457 e. The minimum atomic E-state index is -0.380. The number of nitrogens with one attached hydrogen (secondary N) is 1. The van der Waals surface area contributed by atoms with Crippen LogP contribution in [-0.2, 0) is 0 Å². The average Bonchev–Trinajstić information content (AvgIpc) is 2.58. The molecule has 1 aliphatic heterocycles. The second-order valence-electron chi connectivity index (χ2n) is 5.44. The van der Waals surface area contributed by atoms with Gasteiger partial charge in [0.2, 0.25) is 0 Å². The maximum absolute atomic E-state index is 13.6. The van der Waals surface area contributed by atoms with E-state index < -0.39 is 0 Å². The van der Waals surface area contributed by atoms with E-state index in [1.54, 1.807) is 0 Å². The first-order valence-corrected chi connectivity index (χ1v) is 7.70. The van der Waals surface area contributed by atoms with Gasteiger partial charge in [-0.15, -0.1) is 24.8 Å². The van der Waals surface area contributed by atoms with Gasteiger partial charge in [-0.05, 0) is 29.8 Å². The van der Waals surface area contributed by atoms with E-state index in [1.807, 2.05) is 54.6 Å². The van der Waals surface area contributed by atoms with Crippen LogP contribution in [0.3, 0.4) is 0 Å². The van der Waals surface area contributed by atoms with Gasteiger partial charge in [-0.2, -0.15) is 0 Å². The summed E-state index contributed by atoms with van der Waals surface area (Å²) in [6, 6.07) is 17.2. The first-order valence-electron chi connectivity index (χ1n) is 7.70. The van der Waals surface area contributed by atoms with Crippen molar-refractivity contribution in [2.75, 3.05) is 32.9 Å². The highest BCUT2D eigenvalue weighted by Gasteiger charge is 2.22. The Morgan fingerprint density at radius 1 is 0.958 bits per heavy atom. The Morgan fingerprint density at radius 3 is 2.29 bits per heavy atom. The second kappa shape index (κ2) is 10.5. The topological polar surface area (TPSA) is 24.5 Å². The van der Waals surface area contributed by atoms with Gasteiger partial charge < -0.3 is 10.1 Å². The van der Waals surface area contributed by atoms with Gasteiger partial charge in [0.25, 0.3) is 0 Å². The van der Waals surface area contributed by atoms with Crippen LogP contribution < -0.4 is 10.1 Å². The SMILES string of the molecule is Cl.Cl.FC[C@H](c1cccc(Oc2ccccc2)c1)N1CCNCC1. The second-order valence-corrected chi connectivity index (χ2v) is 5.44. The third kappa shape index (κ3) is 5.35. The quantitative estimate of drug-likeness (QED) is 0.849. The molecule has 2 aromatic carbocycles. The molecule has 6 heteroatoms. The molecule has 1 heterocycles. The highest BCUT2D eigenvalue weighted by Crippen LogP contribution is 2.27. The van der Waals surface area contributed by atoms with E-state index >= 15 is 0 Å². The number of piperazine rings is 1. The monoisotopic (exact) mass is 372 g/mol. The first kappa shape index (κ1) is 20.7. The molecule has 1 N–H and O–H groups in total. The first-order chi connectivity index (χ1) is 10.9. The minimum absolute atomic E-state index is 0. The van der Waals surface area contributed by atoms with Crippen molar-refractivity contribution in [2.24, 2.45) is 0 Å². The van der Waals surface area contributed by atoms with E-state index in [4.69, 9.17) is 4.74 Å². The van der Waals surface area contributed by atoms with Crippen molar-refractivity contribution in [1.82, 2.24) is 10.2 Å². The van der Waals surface area contributed by atoms with Crippen molar-refractivity contribution in [3.05, 3.63) is 60.2 Å². The number of alkyl halides is 1. The lowest BCUT2D eigenvalue weighted by molar-refractivity contribution is 0.147. The number of benzene rings is 2. The van der Waals surface area contributed by atoms with E-state index in [2.05, 4.69) is 10.2 Å². The standard InChI is InChI=1S/C18H21FN2O.2ClH/c19-14-18(21-11-9-20-10-12-21)15-5-4-8-17(13-15)22-16-6-2-1-3-7-16;;/h1-8,13,18,20H,9-12,14H2;2*1H/t18-;;/m1../s1. The number of ether oxygens (including phenoxy) is 1. The van der Waals surface area contributed by atoms with E-state index in [0.717, 1.165) is 43.2 Å². The van der Waals surface area contributed by atoms with Crippen molar-refractivity contribution in [2.45, 2.75) is 6.04 Å². The lowest BCUT2D eigenvalue weighted by atomic mass is 10.1. The Labute approximate surface area is 155 Å². The summed E-state index contributed by atoms with van der Waals surface area (Å²) < 4.78 is 19.4. The Kier molecular flexibility index (Phi) is 9.08. The van der Waals surface area contributed by atoms with Gasteiger partial charge in [0, 0.05) is 26.2 Å². The van der Waals surface area contributed by atoms with Crippen molar-refractivity contribution >= 4 is 24.8 Å². The van der Waals surface area contributed by atoms with Crippen LogP contribution in [0.15, 0.2) is 54.6 Å². The number of nitrogens with zero attached hydrogens (tertiary/aromatic N) is 1. The molecule has 0 saturated carbocycles. The number of rotatable bonds is 5. The number of hydrogen-bond acceptors (Lipinski definition) is 3. The zero-order valence-corrected chi connectivity index (χ0v) is 15.0. The van der Waals surface area contributed by atoms with Crippen LogP contribution >= 0.6 is 24.8 Å². The van der Waals surface area contributed by atoms with Crippen molar-refractivity contribution < 1.29 is 9.13 Å². The summed E-state index contributed by atoms with van der Waals surface area (Å²) >= 11 is 0. The minimum Gasteiger partial charge on any atom is -0.457 e. The van der Waals surface area contributed by atoms with Crippen LogP contribution in [0.1, 0.15) is 11.6 Å². The summed E-state index contributed by atoms with van der Waals surface area (Å²) in [4.78, 5) is 2.19. The zero-order chi connectivity index (χ0) is 15.2. The third-order valence-corrected chi connectivity index (χ3v) is 3.96. The van der Waals surface area contributed by atoms with Crippen LogP contribution in [0.2, 0.25) is 0 Å². The molecule has 0 unspecified atom stereocenters. The van der Waals surface area contributed by atoms with Gasteiger partial charge in [-0.1, -0.05) is 30.3 Å². The molecule has 1 fully saturated rings. The lowest BCUT2D eigenvalue weighted by Crippen LogP contribution is -2.45. The summed E-state index contributed by atoms with van der Waals surface area (Å²) in [5.41, 5.74) is 0.970. The molecule has 0 spiro atoms. The molecule has 3 nitrogen and oxygen atoms in total. The summed E-state index contributed by atoms with van der Waals surface area (Å²) in [6.45, 7) is 3.19. The molecule has 0 bridgehead atoms. The van der Waals surface area contributed by atoms with Gasteiger partial charge in [0.15, 0.2) is 0 Å². The molecule has 0 aromatic heterocycles. The summed E-state index contributed by atoms with van der Waals surface area (Å²) in [5, 5.41) is 3.30. The maximum atomic E-state index is 13.6. The molecule has 3 rings (SSSR count). The van der Waals surface area contributed by atoms with E-state index in [1.165, 1.54) is 0 Å². The number of halogens is 3. The number of hydrogen-bond donors (Lipinski definition) is 1. The Morgan fingerprint density at radius 2 is 1.62 bits per heavy atom. The van der Waals surface area contributed by atoms with Crippen molar-refractivity contribution in [1.29, 1.82) is 0 Å². The highest BCUT2D eigenvalue weighted by atomic mass is 35.5. The fraction of sp³-hybridized carbons (Fsp3) is 0.333. The fourth-order valence-electron chi connectivity index (χ4n) is 2.80.